The molecule has 4 nitrogen and oxygen atoms in total. The number of aliphatic hydroxyl groups is 1. The highest BCUT2D eigenvalue weighted by atomic mass is 16.3. The van der Waals surface area contributed by atoms with E-state index in [4.69, 9.17) is 5.11 Å². The minimum Gasteiger partial charge on any atom is -0.392 e. The van der Waals surface area contributed by atoms with Crippen molar-refractivity contribution in [3.63, 3.8) is 0 Å². The summed E-state index contributed by atoms with van der Waals surface area (Å²) in [7, 11) is 0. The molecule has 4 heteroatoms. The predicted octanol–water partition coefficient (Wildman–Crippen LogP) is 0.768. The van der Waals surface area contributed by atoms with Crippen molar-refractivity contribution >= 4 is 11.6 Å². The summed E-state index contributed by atoms with van der Waals surface area (Å²) in [5, 5.41) is 15.1. The molecule has 0 aliphatic carbocycles. The van der Waals surface area contributed by atoms with Gasteiger partial charge in [-0.15, -0.1) is 0 Å². The van der Waals surface area contributed by atoms with Crippen LogP contribution in [0.1, 0.15) is 12.5 Å². The smallest absolute Gasteiger partial charge is 0.225 e. The lowest BCUT2D eigenvalue weighted by atomic mass is 9.93. The third-order valence-corrected chi connectivity index (χ3v) is 2.97. The maximum absolute atomic E-state index is 11.9. The van der Waals surface area contributed by atoms with Gasteiger partial charge in [-0.2, -0.15) is 0 Å². The Balaban J connectivity index is 1.95. The monoisotopic (exact) mass is 234 g/mol. The number of benzene rings is 1. The number of hydrogen-bond acceptors (Lipinski definition) is 3. The minimum atomic E-state index is -0.497. The Morgan fingerprint density at radius 3 is 3.12 bits per heavy atom. The SMILES string of the molecule is C[C@H](O)CNC(=O)C1CNc2ccccc2C1. The molecule has 0 radical (unpaired) electrons. The Morgan fingerprint density at radius 2 is 2.35 bits per heavy atom. The maximum atomic E-state index is 11.9. The van der Waals surface area contributed by atoms with Gasteiger partial charge in [-0.25, -0.2) is 0 Å². The zero-order valence-corrected chi connectivity index (χ0v) is 9.94. The first kappa shape index (κ1) is 11.9. The van der Waals surface area contributed by atoms with Crippen molar-refractivity contribution in [3.05, 3.63) is 29.8 Å². The lowest BCUT2D eigenvalue weighted by Crippen LogP contribution is -2.40. The van der Waals surface area contributed by atoms with Gasteiger partial charge >= 0.3 is 0 Å². The van der Waals surface area contributed by atoms with E-state index in [1.54, 1.807) is 6.92 Å². The van der Waals surface area contributed by atoms with Gasteiger partial charge in [0.2, 0.25) is 5.91 Å². The molecule has 2 rings (SSSR count). The van der Waals surface area contributed by atoms with E-state index in [0.717, 1.165) is 12.1 Å². The molecule has 1 aromatic carbocycles. The molecule has 1 heterocycles. The summed E-state index contributed by atoms with van der Waals surface area (Å²) >= 11 is 0. The van der Waals surface area contributed by atoms with Gasteiger partial charge in [-0.05, 0) is 25.0 Å². The summed E-state index contributed by atoms with van der Waals surface area (Å²) in [5.41, 5.74) is 2.29. The van der Waals surface area contributed by atoms with Crippen LogP contribution in [-0.4, -0.2) is 30.2 Å². The molecule has 0 saturated heterocycles. The molecule has 1 unspecified atom stereocenters. The number of hydrogen-bond donors (Lipinski definition) is 3. The van der Waals surface area contributed by atoms with Gasteiger partial charge in [0, 0.05) is 18.8 Å². The molecule has 0 saturated carbocycles. The first-order valence-corrected chi connectivity index (χ1v) is 5.94. The minimum absolute atomic E-state index is 0.00732. The van der Waals surface area contributed by atoms with Crippen LogP contribution < -0.4 is 10.6 Å². The zero-order valence-electron chi connectivity index (χ0n) is 9.94. The number of aliphatic hydroxyl groups excluding tert-OH is 1. The predicted molar refractivity (Wildman–Crippen MR) is 66.8 cm³/mol. The second kappa shape index (κ2) is 5.19. The average molecular weight is 234 g/mol. The number of nitrogens with one attached hydrogen (secondary N) is 2. The Hall–Kier alpha value is -1.55. The van der Waals surface area contributed by atoms with Gasteiger partial charge in [0.25, 0.3) is 0 Å². The van der Waals surface area contributed by atoms with E-state index < -0.39 is 6.10 Å². The number of carbonyl (C=O) groups excluding carboxylic acids is 1. The van der Waals surface area contributed by atoms with Crippen LogP contribution in [-0.2, 0) is 11.2 Å². The lowest BCUT2D eigenvalue weighted by molar-refractivity contribution is -0.125. The number of para-hydroxylation sites is 1. The fourth-order valence-corrected chi connectivity index (χ4v) is 2.02. The first-order chi connectivity index (χ1) is 8.16. The molecule has 0 aromatic heterocycles. The fourth-order valence-electron chi connectivity index (χ4n) is 2.02. The highest BCUT2D eigenvalue weighted by Crippen LogP contribution is 2.24. The summed E-state index contributed by atoms with van der Waals surface area (Å²) in [5.74, 6) is -0.0449. The van der Waals surface area contributed by atoms with E-state index in [1.165, 1.54) is 5.56 Å². The van der Waals surface area contributed by atoms with Crippen LogP contribution in [0, 0.1) is 5.92 Å². The average Bonchev–Trinajstić information content (AvgIpc) is 2.35. The van der Waals surface area contributed by atoms with Gasteiger partial charge in [-0.1, -0.05) is 18.2 Å². The van der Waals surface area contributed by atoms with Crippen LogP contribution in [0.4, 0.5) is 5.69 Å². The van der Waals surface area contributed by atoms with Crippen LogP contribution in [0.3, 0.4) is 0 Å². The maximum Gasteiger partial charge on any atom is 0.225 e. The van der Waals surface area contributed by atoms with Crippen molar-refractivity contribution in [1.82, 2.24) is 5.32 Å². The quantitative estimate of drug-likeness (QED) is 0.724. The third-order valence-electron chi connectivity index (χ3n) is 2.97. The summed E-state index contributed by atoms with van der Waals surface area (Å²) in [6.07, 6.45) is 0.261. The molecule has 1 aliphatic heterocycles. The third kappa shape index (κ3) is 2.97. The van der Waals surface area contributed by atoms with Crippen molar-refractivity contribution in [3.8, 4) is 0 Å². The summed E-state index contributed by atoms with van der Waals surface area (Å²) < 4.78 is 0. The highest BCUT2D eigenvalue weighted by Gasteiger charge is 2.23. The van der Waals surface area contributed by atoms with Crippen molar-refractivity contribution in [1.29, 1.82) is 0 Å². The molecule has 2 atom stereocenters. The van der Waals surface area contributed by atoms with Gasteiger partial charge < -0.3 is 15.7 Å². The largest absolute Gasteiger partial charge is 0.392 e. The molecule has 92 valence electrons. The molecule has 0 spiro atoms. The van der Waals surface area contributed by atoms with Crippen LogP contribution >= 0.6 is 0 Å². The zero-order chi connectivity index (χ0) is 12.3. The van der Waals surface area contributed by atoms with Gasteiger partial charge in [0.05, 0.1) is 12.0 Å². The Bertz CT molecular complexity index is 404. The molecule has 1 amide bonds. The van der Waals surface area contributed by atoms with Crippen LogP contribution in [0.15, 0.2) is 24.3 Å². The standard InChI is InChI=1S/C13H18N2O2/c1-9(16)7-15-13(17)11-6-10-4-2-3-5-12(10)14-8-11/h2-5,9,11,14,16H,6-8H2,1H3,(H,15,17)/t9-,11?/m0/s1. The molecular formula is C13H18N2O2. The first-order valence-electron chi connectivity index (χ1n) is 5.94. The van der Waals surface area contributed by atoms with E-state index in [9.17, 15) is 4.79 Å². The van der Waals surface area contributed by atoms with Crippen molar-refractivity contribution in [2.45, 2.75) is 19.4 Å². The van der Waals surface area contributed by atoms with Crippen LogP contribution in [0.2, 0.25) is 0 Å². The fraction of sp³-hybridized carbons (Fsp3) is 0.462. The summed E-state index contributed by atoms with van der Waals surface area (Å²) in [4.78, 5) is 11.9. The van der Waals surface area contributed by atoms with E-state index in [0.29, 0.717) is 13.1 Å². The van der Waals surface area contributed by atoms with E-state index >= 15 is 0 Å². The van der Waals surface area contributed by atoms with Crippen LogP contribution in [0.5, 0.6) is 0 Å². The number of amides is 1. The molecule has 1 aromatic rings. The van der Waals surface area contributed by atoms with E-state index in [1.807, 2.05) is 24.3 Å². The van der Waals surface area contributed by atoms with Crippen molar-refractivity contribution < 1.29 is 9.90 Å². The second-order valence-corrected chi connectivity index (χ2v) is 4.53. The van der Waals surface area contributed by atoms with Crippen LogP contribution in [0.25, 0.3) is 0 Å². The highest BCUT2D eigenvalue weighted by molar-refractivity contribution is 5.80. The van der Waals surface area contributed by atoms with E-state index in [-0.39, 0.29) is 11.8 Å². The summed E-state index contributed by atoms with van der Waals surface area (Å²) in [6, 6.07) is 8.03. The Kier molecular flexibility index (Phi) is 3.64. The van der Waals surface area contributed by atoms with Gasteiger partial charge in [0.15, 0.2) is 0 Å². The number of fused-ring (bicyclic) bond motifs is 1. The van der Waals surface area contributed by atoms with Gasteiger partial charge in [0.1, 0.15) is 0 Å². The number of carbonyl (C=O) groups is 1. The number of rotatable bonds is 3. The second-order valence-electron chi connectivity index (χ2n) is 4.53. The molecule has 1 aliphatic rings. The van der Waals surface area contributed by atoms with E-state index in [2.05, 4.69) is 10.6 Å². The lowest BCUT2D eigenvalue weighted by Gasteiger charge is -2.25. The molecular weight excluding hydrogens is 216 g/mol. The topological polar surface area (TPSA) is 61.4 Å². The van der Waals surface area contributed by atoms with Crippen molar-refractivity contribution in [2.24, 2.45) is 5.92 Å². The molecule has 17 heavy (non-hydrogen) atoms. The van der Waals surface area contributed by atoms with Gasteiger partial charge in [-0.3, -0.25) is 4.79 Å². The summed E-state index contributed by atoms with van der Waals surface area (Å²) in [6.45, 7) is 2.63. The molecule has 0 fully saturated rings. The Labute approximate surface area is 101 Å². The molecule has 3 N–H and O–H groups in total. The molecule has 0 bridgehead atoms. The normalized spacial score (nSPS) is 20.0. The van der Waals surface area contributed by atoms with Crippen molar-refractivity contribution in [2.75, 3.05) is 18.4 Å². The number of anilines is 1. The Morgan fingerprint density at radius 1 is 1.59 bits per heavy atom.